The van der Waals surface area contributed by atoms with E-state index in [1.54, 1.807) is 6.07 Å². The molecule has 2 unspecified atom stereocenters. The molecule has 1 fully saturated rings. The predicted octanol–water partition coefficient (Wildman–Crippen LogP) is 4.41. The number of nitrogens with one attached hydrogen (secondary N) is 1. The number of nitrogens with zero attached hydrogens (tertiary/aromatic N) is 3. The van der Waals surface area contributed by atoms with E-state index in [1.165, 1.54) is 6.42 Å². The number of imidazole rings is 1. The molecular formula is C25H26N4O. The summed E-state index contributed by atoms with van der Waals surface area (Å²) >= 11 is 0. The zero-order valence-electron chi connectivity index (χ0n) is 17.2. The molecule has 152 valence electrons. The molecule has 0 radical (unpaired) electrons. The van der Waals surface area contributed by atoms with Gasteiger partial charge < -0.3 is 9.88 Å². The smallest absolute Gasteiger partial charge is 0.250 e. The van der Waals surface area contributed by atoms with Gasteiger partial charge in [0.25, 0.3) is 5.56 Å². The Morgan fingerprint density at radius 3 is 2.70 bits per heavy atom. The Balaban J connectivity index is 1.50. The maximum absolute atomic E-state index is 12.6. The maximum Gasteiger partial charge on any atom is 0.250 e. The van der Waals surface area contributed by atoms with Crippen molar-refractivity contribution in [2.75, 3.05) is 13.1 Å². The first kappa shape index (κ1) is 18.8. The van der Waals surface area contributed by atoms with Crippen LogP contribution in [0.2, 0.25) is 0 Å². The Morgan fingerprint density at radius 1 is 1.07 bits per heavy atom. The van der Waals surface area contributed by atoms with Crippen molar-refractivity contribution in [3.8, 4) is 16.8 Å². The highest BCUT2D eigenvalue weighted by molar-refractivity contribution is 5.83. The van der Waals surface area contributed by atoms with Gasteiger partial charge in [0.05, 0.1) is 11.0 Å². The first-order chi connectivity index (χ1) is 14.7. The topological polar surface area (TPSA) is 51.9 Å². The zero-order chi connectivity index (χ0) is 20.5. The lowest BCUT2D eigenvalue weighted by molar-refractivity contribution is 0.276. The molecule has 0 amide bonds. The SMILES string of the molecule is CC(C1CCCNC1)n1cc(-c2ccc3c(c2)ncn3-c2ccccc2)ccc1=O. The minimum absolute atomic E-state index is 0.0613. The van der Waals surface area contributed by atoms with Crippen LogP contribution in [-0.2, 0) is 0 Å². The van der Waals surface area contributed by atoms with Gasteiger partial charge in [0, 0.05) is 24.0 Å². The van der Waals surface area contributed by atoms with E-state index in [4.69, 9.17) is 0 Å². The summed E-state index contributed by atoms with van der Waals surface area (Å²) in [7, 11) is 0. The second kappa shape index (κ2) is 7.92. The fraction of sp³-hybridized carbons (Fsp3) is 0.280. The molecule has 5 nitrogen and oxygen atoms in total. The number of hydrogen-bond donors (Lipinski definition) is 1. The van der Waals surface area contributed by atoms with Gasteiger partial charge in [0.1, 0.15) is 6.33 Å². The lowest BCUT2D eigenvalue weighted by Crippen LogP contribution is -2.37. The average Bonchev–Trinajstić information content (AvgIpc) is 3.23. The molecule has 1 saturated heterocycles. The van der Waals surface area contributed by atoms with E-state index in [2.05, 4.69) is 52.1 Å². The number of aromatic nitrogens is 3. The number of pyridine rings is 1. The van der Waals surface area contributed by atoms with Crippen LogP contribution in [0.5, 0.6) is 0 Å². The molecule has 2 aromatic carbocycles. The van der Waals surface area contributed by atoms with E-state index in [-0.39, 0.29) is 11.6 Å². The van der Waals surface area contributed by atoms with Crippen molar-refractivity contribution in [3.05, 3.63) is 83.5 Å². The molecule has 4 aromatic rings. The highest BCUT2D eigenvalue weighted by Crippen LogP contribution is 2.27. The van der Waals surface area contributed by atoms with Crippen molar-refractivity contribution in [1.29, 1.82) is 0 Å². The number of para-hydroxylation sites is 1. The third kappa shape index (κ3) is 3.46. The number of rotatable bonds is 4. The van der Waals surface area contributed by atoms with Crippen molar-refractivity contribution in [3.63, 3.8) is 0 Å². The third-order valence-corrected chi connectivity index (χ3v) is 6.31. The summed E-state index contributed by atoms with van der Waals surface area (Å²) in [5.74, 6) is 0.482. The van der Waals surface area contributed by atoms with E-state index in [1.807, 2.05) is 41.4 Å². The second-order valence-corrected chi connectivity index (χ2v) is 8.16. The number of piperidine rings is 1. The highest BCUT2D eigenvalue weighted by Gasteiger charge is 2.22. The molecule has 1 aliphatic heterocycles. The number of benzene rings is 2. The zero-order valence-corrected chi connectivity index (χ0v) is 17.2. The Labute approximate surface area is 176 Å². The van der Waals surface area contributed by atoms with E-state index >= 15 is 0 Å². The Morgan fingerprint density at radius 2 is 1.90 bits per heavy atom. The lowest BCUT2D eigenvalue weighted by atomic mass is 9.92. The van der Waals surface area contributed by atoms with E-state index < -0.39 is 0 Å². The molecule has 3 heterocycles. The van der Waals surface area contributed by atoms with Crippen LogP contribution in [0.3, 0.4) is 0 Å². The molecular weight excluding hydrogens is 372 g/mol. The van der Waals surface area contributed by atoms with Crippen LogP contribution in [-0.4, -0.2) is 27.2 Å². The summed E-state index contributed by atoms with van der Waals surface area (Å²) in [5, 5.41) is 3.46. The van der Waals surface area contributed by atoms with Gasteiger partial charge in [-0.3, -0.25) is 9.36 Å². The van der Waals surface area contributed by atoms with Gasteiger partial charge in [-0.15, -0.1) is 0 Å². The molecule has 0 aliphatic carbocycles. The van der Waals surface area contributed by atoms with Gasteiger partial charge in [0.2, 0.25) is 0 Å². The lowest BCUT2D eigenvalue weighted by Gasteiger charge is -2.29. The fourth-order valence-electron chi connectivity index (χ4n) is 4.50. The first-order valence-corrected chi connectivity index (χ1v) is 10.7. The van der Waals surface area contributed by atoms with Gasteiger partial charge >= 0.3 is 0 Å². The minimum Gasteiger partial charge on any atom is -0.316 e. The van der Waals surface area contributed by atoms with Crippen LogP contribution in [0.15, 0.2) is 78.0 Å². The van der Waals surface area contributed by atoms with Crippen LogP contribution in [0.4, 0.5) is 0 Å². The molecule has 2 aromatic heterocycles. The summed E-state index contributed by atoms with van der Waals surface area (Å²) in [4.78, 5) is 17.2. The van der Waals surface area contributed by atoms with Gasteiger partial charge in [0.15, 0.2) is 0 Å². The number of hydrogen-bond acceptors (Lipinski definition) is 3. The quantitative estimate of drug-likeness (QED) is 0.554. The van der Waals surface area contributed by atoms with Crippen LogP contribution < -0.4 is 10.9 Å². The summed E-state index contributed by atoms with van der Waals surface area (Å²) in [6, 6.07) is 20.3. The fourth-order valence-corrected chi connectivity index (χ4v) is 4.50. The molecule has 0 bridgehead atoms. The minimum atomic E-state index is 0.0613. The van der Waals surface area contributed by atoms with Gasteiger partial charge in [-0.1, -0.05) is 24.3 Å². The predicted molar refractivity (Wildman–Crippen MR) is 121 cm³/mol. The summed E-state index contributed by atoms with van der Waals surface area (Å²) < 4.78 is 4.00. The third-order valence-electron chi connectivity index (χ3n) is 6.31. The molecule has 1 N–H and O–H groups in total. The van der Waals surface area contributed by atoms with Crippen LogP contribution in [0.25, 0.3) is 27.8 Å². The summed E-state index contributed by atoms with van der Waals surface area (Å²) in [6.07, 6.45) is 6.21. The summed E-state index contributed by atoms with van der Waals surface area (Å²) in [5.41, 5.74) is 5.28. The molecule has 2 atom stereocenters. The van der Waals surface area contributed by atoms with Crippen molar-refractivity contribution >= 4 is 11.0 Å². The van der Waals surface area contributed by atoms with Crippen molar-refractivity contribution < 1.29 is 0 Å². The second-order valence-electron chi connectivity index (χ2n) is 8.16. The maximum atomic E-state index is 12.6. The normalized spacial score (nSPS) is 17.8. The van der Waals surface area contributed by atoms with E-state index in [0.29, 0.717) is 5.92 Å². The van der Waals surface area contributed by atoms with Gasteiger partial charge in [-0.25, -0.2) is 4.98 Å². The first-order valence-electron chi connectivity index (χ1n) is 10.7. The molecule has 30 heavy (non-hydrogen) atoms. The van der Waals surface area contributed by atoms with Crippen molar-refractivity contribution in [1.82, 2.24) is 19.4 Å². The van der Waals surface area contributed by atoms with E-state index in [0.717, 1.165) is 47.4 Å². The molecule has 5 rings (SSSR count). The van der Waals surface area contributed by atoms with E-state index in [9.17, 15) is 4.79 Å². The standard InChI is InChI=1S/C25H26N4O/c1-18(20-6-5-13-26-15-20)28-16-21(10-12-25(28)30)19-9-11-24-23(14-19)27-17-29(24)22-7-3-2-4-8-22/h2-4,7-12,14,16-18,20,26H,5-6,13,15H2,1H3. The Hall–Kier alpha value is -3.18. The van der Waals surface area contributed by atoms with Crippen molar-refractivity contribution in [2.24, 2.45) is 5.92 Å². The molecule has 1 aliphatic rings. The average molecular weight is 399 g/mol. The molecule has 5 heteroatoms. The van der Waals surface area contributed by atoms with Gasteiger partial charge in [-0.2, -0.15) is 0 Å². The molecule has 0 spiro atoms. The largest absolute Gasteiger partial charge is 0.316 e. The Kier molecular flexibility index (Phi) is 4.97. The Bertz CT molecular complexity index is 1220. The van der Waals surface area contributed by atoms with Crippen LogP contribution in [0.1, 0.15) is 25.8 Å². The summed E-state index contributed by atoms with van der Waals surface area (Å²) in [6.45, 7) is 4.21. The number of fused-ring (bicyclic) bond motifs is 1. The van der Waals surface area contributed by atoms with Crippen molar-refractivity contribution in [2.45, 2.75) is 25.8 Å². The monoisotopic (exact) mass is 398 g/mol. The van der Waals surface area contributed by atoms with Gasteiger partial charge in [-0.05, 0) is 80.2 Å². The highest BCUT2D eigenvalue weighted by atomic mass is 16.1. The van der Waals surface area contributed by atoms with Crippen LogP contribution in [0, 0.1) is 5.92 Å². The molecule has 0 saturated carbocycles. The van der Waals surface area contributed by atoms with Crippen LogP contribution >= 0.6 is 0 Å².